The zero-order valence-corrected chi connectivity index (χ0v) is 25.0. The monoisotopic (exact) mass is 577 g/mol. The molecule has 1 N–H and O–H groups in total. The molecule has 2 aromatic heterocycles. The summed E-state index contributed by atoms with van der Waals surface area (Å²) < 4.78 is 20.0. The largest absolute Gasteiger partial charge is 0.381 e. The fourth-order valence-electron chi connectivity index (χ4n) is 6.10. The molecule has 1 atom stereocenters. The van der Waals surface area contributed by atoms with Crippen molar-refractivity contribution in [1.29, 1.82) is 0 Å². The van der Waals surface area contributed by atoms with E-state index in [0.717, 1.165) is 92.0 Å². The van der Waals surface area contributed by atoms with Crippen LogP contribution in [0.25, 0.3) is 0 Å². The van der Waals surface area contributed by atoms with E-state index in [1.165, 1.54) is 5.56 Å². The van der Waals surface area contributed by atoms with E-state index < -0.39 is 10.8 Å². The predicted molar refractivity (Wildman–Crippen MR) is 159 cm³/mol. The quantitative estimate of drug-likeness (QED) is 0.456. The molecule has 0 radical (unpaired) electrons. The number of hydrogen-bond acceptors (Lipinski definition) is 8. The number of ether oxygens (including phenoxy) is 1. The van der Waals surface area contributed by atoms with Gasteiger partial charge in [0.05, 0.1) is 28.7 Å². The van der Waals surface area contributed by atoms with Gasteiger partial charge in [-0.1, -0.05) is 12.1 Å². The third kappa shape index (κ3) is 6.01. The molecular weight excluding hydrogens is 538 g/mol. The third-order valence-electron chi connectivity index (χ3n) is 8.49. The van der Waals surface area contributed by atoms with Gasteiger partial charge in [0.1, 0.15) is 10.7 Å². The zero-order valence-electron chi connectivity index (χ0n) is 24.1. The highest BCUT2D eigenvalue weighted by Gasteiger charge is 2.30. The van der Waals surface area contributed by atoms with Crippen LogP contribution in [0, 0.1) is 6.92 Å². The molecule has 0 bridgehead atoms. The molecule has 2 fully saturated rings. The van der Waals surface area contributed by atoms with E-state index in [1.807, 2.05) is 39.3 Å². The minimum atomic E-state index is -1.05. The van der Waals surface area contributed by atoms with Crippen LogP contribution < -0.4 is 10.2 Å². The Kier molecular flexibility index (Phi) is 8.07. The van der Waals surface area contributed by atoms with Crippen molar-refractivity contribution in [3.05, 3.63) is 58.5 Å². The molecule has 218 valence electrons. The van der Waals surface area contributed by atoms with Crippen LogP contribution in [-0.4, -0.2) is 79.9 Å². The third-order valence-corrected chi connectivity index (χ3v) is 9.95. The average Bonchev–Trinajstić information content (AvgIpc) is 3.53. The van der Waals surface area contributed by atoms with Gasteiger partial charge in [-0.2, -0.15) is 10.1 Å². The standard InChI is InChI=1S/C30H39N7O3S/c1-20-18-36(3)34-26(20)19-35(2)29(38)23-6-4-21(5-7-23)22-8-13-37(14-9-22)30-32-25-12-17-41(39)27(25)28(33-30)31-24-10-15-40-16-11-24/h4-7,18,22,24H,8-17,19H2,1-3H3,(H,31,32,33). The highest BCUT2D eigenvalue weighted by atomic mass is 32.2. The molecule has 5 heterocycles. The van der Waals surface area contributed by atoms with Crippen molar-refractivity contribution in [2.24, 2.45) is 7.05 Å². The Morgan fingerprint density at radius 3 is 2.54 bits per heavy atom. The summed E-state index contributed by atoms with van der Waals surface area (Å²) in [5.41, 5.74) is 4.88. The maximum atomic E-state index is 13.0. The van der Waals surface area contributed by atoms with E-state index in [1.54, 1.807) is 9.58 Å². The molecule has 1 unspecified atom stereocenters. The summed E-state index contributed by atoms with van der Waals surface area (Å²) in [6, 6.07) is 8.38. The topological polar surface area (TPSA) is 105 Å². The molecule has 1 aromatic carbocycles. The molecule has 1 amide bonds. The van der Waals surface area contributed by atoms with Crippen molar-refractivity contribution in [3.8, 4) is 0 Å². The summed E-state index contributed by atoms with van der Waals surface area (Å²) in [5.74, 6) is 2.53. The van der Waals surface area contributed by atoms with E-state index in [2.05, 4.69) is 27.4 Å². The summed E-state index contributed by atoms with van der Waals surface area (Å²) in [6.07, 6.45) is 6.53. The molecule has 41 heavy (non-hydrogen) atoms. The van der Waals surface area contributed by atoms with Gasteiger partial charge in [0.15, 0.2) is 0 Å². The van der Waals surface area contributed by atoms with Crippen molar-refractivity contribution in [2.75, 3.05) is 49.3 Å². The number of anilines is 2. The number of amides is 1. The smallest absolute Gasteiger partial charge is 0.253 e. The second-order valence-electron chi connectivity index (χ2n) is 11.5. The van der Waals surface area contributed by atoms with Gasteiger partial charge in [-0.15, -0.1) is 0 Å². The minimum absolute atomic E-state index is 0.00345. The van der Waals surface area contributed by atoms with Crippen molar-refractivity contribution in [3.63, 3.8) is 0 Å². The normalized spacial score (nSPS) is 19.8. The highest BCUT2D eigenvalue weighted by Crippen LogP contribution is 2.34. The van der Waals surface area contributed by atoms with Crippen LogP contribution in [0.15, 0.2) is 35.4 Å². The number of piperidine rings is 1. The van der Waals surface area contributed by atoms with Crippen molar-refractivity contribution < 1.29 is 13.7 Å². The first-order chi connectivity index (χ1) is 19.9. The summed E-state index contributed by atoms with van der Waals surface area (Å²) in [6.45, 7) is 5.70. The molecule has 11 heteroatoms. The second kappa shape index (κ2) is 11.9. The molecule has 0 aliphatic carbocycles. The van der Waals surface area contributed by atoms with Crippen LogP contribution in [0.3, 0.4) is 0 Å². The lowest BCUT2D eigenvalue weighted by atomic mass is 9.89. The first-order valence-electron chi connectivity index (χ1n) is 14.6. The van der Waals surface area contributed by atoms with E-state index in [-0.39, 0.29) is 11.9 Å². The van der Waals surface area contributed by atoms with Crippen LogP contribution in [0.4, 0.5) is 11.8 Å². The Bertz CT molecular complexity index is 1430. The van der Waals surface area contributed by atoms with Gasteiger partial charge in [-0.3, -0.25) is 13.7 Å². The molecule has 0 spiro atoms. The Labute approximate surface area is 243 Å². The van der Waals surface area contributed by atoms with Crippen LogP contribution in [0.5, 0.6) is 0 Å². The Balaban J connectivity index is 1.09. The molecule has 10 nitrogen and oxygen atoms in total. The van der Waals surface area contributed by atoms with Crippen LogP contribution in [0.2, 0.25) is 0 Å². The molecule has 3 aromatic rings. The number of nitrogens with one attached hydrogen (secondary N) is 1. The lowest BCUT2D eigenvalue weighted by molar-refractivity contribution is 0.0783. The van der Waals surface area contributed by atoms with Crippen LogP contribution >= 0.6 is 0 Å². The van der Waals surface area contributed by atoms with Gasteiger partial charge in [-0.05, 0) is 61.8 Å². The summed E-state index contributed by atoms with van der Waals surface area (Å²) in [7, 11) is 2.67. The fourth-order valence-corrected chi connectivity index (χ4v) is 7.41. The number of aromatic nitrogens is 4. The summed E-state index contributed by atoms with van der Waals surface area (Å²) >= 11 is 0. The number of carbonyl (C=O) groups is 1. The molecule has 3 aliphatic rings. The maximum absolute atomic E-state index is 13.0. The van der Waals surface area contributed by atoms with E-state index in [9.17, 15) is 9.00 Å². The van der Waals surface area contributed by atoms with Crippen molar-refractivity contribution >= 4 is 28.5 Å². The number of carbonyl (C=O) groups excluding carboxylic acids is 1. The van der Waals surface area contributed by atoms with E-state index in [4.69, 9.17) is 14.7 Å². The van der Waals surface area contributed by atoms with Gasteiger partial charge >= 0.3 is 0 Å². The number of benzene rings is 1. The number of aryl methyl sites for hydroxylation is 3. The number of nitrogens with zero attached hydrogens (tertiary/aromatic N) is 6. The van der Waals surface area contributed by atoms with Gasteiger partial charge in [0.2, 0.25) is 5.95 Å². The first-order valence-corrected chi connectivity index (χ1v) is 15.9. The number of rotatable bonds is 7. The number of hydrogen-bond donors (Lipinski definition) is 1. The van der Waals surface area contributed by atoms with Crippen molar-refractivity contribution in [2.45, 2.75) is 62.4 Å². The molecular formula is C30H39N7O3S. The maximum Gasteiger partial charge on any atom is 0.253 e. The predicted octanol–water partition coefficient (Wildman–Crippen LogP) is 3.43. The summed E-state index contributed by atoms with van der Waals surface area (Å²) in [5, 5.41) is 8.05. The first kappa shape index (κ1) is 27.8. The second-order valence-corrected chi connectivity index (χ2v) is 13.0. The highest BCUT2D eigenvalue weighted by molar-refractivity contribution is 7.85. The van der Waals surface area contributed by atoms with E-state index >= 15 is 0 Å². The van der Waals surface area contributed by atoms with Gasteiger partial charge in [0, 0.05) is 70.4 Å². The molecule has 3 aliphatic heterocycles. The van der Waals surface area contributed by atoms with Crippen molar-refractivity contribution in [1.82, 2.24) is 24.6 Å². The Hall–Kier alpha value is -3.31. The Morgan fingerprint density at radius 2 is 1.85 bits per heavy atom. The zero-order chi connectivity index (χ0) is 28.5. The molecule has 2 saturated heterocycles. The SMILES string of the molecule is Cc1cn(C)nc1CN(C)C(=O)c1ccc(C2CCN(c3nc4c(c(NC5CCOCC5)n3)S(=O)CC4)CC2)cc1. The molecule has 0 saturated carbocycles. The molecule has 6 rings (SSSR count). The van der Waals surface area contributed by atoms with E-state index in [0.29, 0.717) is 23.8 Å². The average molecular weight is 578 g/mol. The van der Waals surface area contributed by atoms with Gasteiger partial charge in [-0.25, -0.2) is 4.98 Å². The lowest BCUT2D eigenvalue weighted by Crippen LogP contribution is -2.35. The fraction of sp³-hybridized carbons (Fsp3) is 0.533. The summed E-state index contributed by atoms with van der Waals surface area (Å²) in [4.78, 5) is 27.6. The number of fused-ring (bicyclic) bond motifs is 1. The minimum Gasteiger partial charge on any atom is -0.381 e. The van der Waals surface area contributed by atoms with Gasteiger partial charge < -0.3 is 19.9 Å². The van der Waals surface area contributed by atoms with Crippen LogP contribution in [0.1, 0.15) is 64.5 Å². The Morgan fingerprint density at radius 1 is 1.12 bits per heavy atom. The lowest BCUT2D eigenvalue weighted by Gasteiger charge is -2.33. The van der Waals surface area contributed by atoms with Gasteiger partial charge in [0.25, 0.3) is 5.91 Å². The van der Waals surface area contributed by atoms with Crippen LogP contribution in [-0.2, 0) is 35.5 Å².